The minimum Gasteiger partial charge on any atom is -0.352 e. The van der Waals surface area contributed by atoms with Crippen LogP contribution < -0.4 is 5.32 Å². The van der Waals surface area contributed by atoms with Crippen LogP contribution in [-0.4, -0.2) is 18.3 Å². The van der Waals surface area contributed by atoms with Gasteiger partial charge in [-0.1, -0.05) is 30.1 Å². The van der Waals surface area contributed by atoms with Crippen molar-refractivity contribution < 1.29 is 4.79 Å². The monoisotopic (exact) mass is 299 g/mol. The predicted octanol–water partition coefficient (Wildman–Crippen LogP) is 4.05. The summed E-state index contributed by atoms with van der Waals surface area (Å²) in [4.78, 5) is 11.7. The van der Waals surface area contributed by atoms with E-state index >= 15 is 0 Å². The predicted molar refractivity (Wildman–Crippen MR) is 71.2 cm³/mol. The smallest absolute Gasteiger partial charge is 0.253 e. The molecule has 0 aliphatic carbocycles. The van der Waals surface area contributed by atoms with Gasteiger partial charge in [-0.05, 0) is 18.4 Å². The van der Waals surface area contributed by atoms with E-state index in [4.69, 9.17) is 34.8 Å². The Morgan fingerprint density at radius 3 is 2.75 bits per heavy atom. The number of hydrogen-bond donors (Lipinski definition) is 1. The first-order valence-corrected chi connectivity index (χ1v) is 6.94. The number of alkyl halides is 1. The first kappa shape index (κ1) is 14.1. The Bertz CT molecular complexity index is 367. The second-order valence-corrected chi connectivity index (χ2v) is 6.19. The Balaban J connectivity index is 2.50. The zero-order valence-corrected chi connectivity index (χ0v) is 11.8. The average Bonchev–Trinajstić information content (AvgIpc) is 2.55. The molecular formula is C10H12Cl3NOS. The third kappa shape index (κ3) is 4.13. The average molecular weight is 301 g/mol. The van der Waals surface area contributed by atoms with Gasteiger partial charge < -0.3 is 5.32 Å². The summed E-state index contributed by atoms with van der Waals surface area (Å²) in [5.41, 5.74) is 0.440. The number of halogens is 3. The van der Waals surface area contributed by atoms with Gasteiger partial charge in [0.05, 0.1) is 9.90 Å². The van der Waals surface area contributed by atoms with E-state index in [9.17, 15) is 4.79 Å². The van der Waals surface area contributed by atoms with E-state index in [1.807, 2.05) is 6.92 Å². The zero-order valence-electron chi connectivity index (χ0n) is 8.73. The third-order valence-electron chi connectivity index (χ3n) is 2.11. The molecule has 1 N–H and O–H groups in total. The molecule has 1 amide bonds. The molecule has 1 aromatic heterocycles. The lowest BCUT2D eigenvalue weighted by atomic mass is 10.1. The lowest BCUT2D eigenvalue weighted by Gasteiger charge is -2.10. The summed E-state index contributed by atoms with van der Waals surface area (Å²) in [6, 6.07) is 1.58. The van der Waals surface area contributed by atoms with E-state index in [0.29, 0.717) is 32.6 Å². The quantitative estimate of drug-likeness (QED) is 0.817. The highest BCUT2D eigenvalue weighted by Crippen LogP contribution is 2.30. The normalized spacial score (nSPS) is 12.5. The number of rotatable bonds is 5. The van der Waals surface area contributed by atoms with Crippen molar-refractivity contribution in [1.82, 2.24) is 5.32 Å². The lowest BCUT2D eigenvalue weighted by molar-refractivity contribution is 0.0948. The molecule has 1 heterocycles. The van der Waals surface area contributed by atoms with Crippen LogP contribution in [0.3, 0.4) is 0 Å². The molecule has 1 aromatic rings. The summed E-state index contributed by atoms with van der Waals surface area (Å²) in [6.45, 7) is 2.63. The van der Waals surface area contributed by atoms with Gasteiger partial charge in [0, 0.05) is 12.4 Å². The van der Waals surface area contributed by atoms with Crippen molar-refractivity contribution in [1.29, 1.82) is 0 Å². The number of carbonyl (C=O) groups is 1. The molecule has 0 spiro atoms. The molecule has 0 saturated carbocycles. The molecule has 0 aromatic carbocycles. The van der Waals surface area contributed by atoms with E-state index in [1.54, 1.807) is 6.07 Å². The number of amides is 1. The van der Waals surface area contributed by atoms with Crippen LogP contribution in [0.25, 0.3) is 0 Å². The van der Waals surface area contributed by atoms with Crippen LogP contribution in [0.2, 0.25) is 8.67 Å². The molecule has 1 rings (SSSR count). The second kappa shape index (κ2) is 6.70. The highest BCUT2D eigenvalue weighted by Gasteiger charge is 2.14. The Morgan fingerprint density at radius 2 is 2.25 bits per heavy atom. The first-order valence-electron chi connectivity index (χ1n) is 4.83. The number of thiophene rings is 1. The van der Waals surface area contributed by atoms with E-state index in [1.165, 1.54) is 11.3 Å². The highest BCUT2D eigenvalue weighted by molar-refractivity contribution is 7.20. The minimum absolute atomic E-state index is 0.186. The van der Waals surface area contributed by atoms with Gasteiger partial charge in [0.25, 0.3) is 5.91 Å². The fourth-order valence-electron chi connectivity index (χ4n) is 1.15. The Kier molecular flexibility index (Phi) is 5.90. The maximum atomic E-state index is 11.7. The zero-order chi connectivity index (χ0) is 12.1. The van der Waals surface area contributed by atoms with Gasteiger partial charge in [-0.25, -0.2) is 0 Å². The Hall–Kier alpha value is 0.0400. The molecule has 0 fully saturated rings. The number of carbonyl (C=O) groups excluding carboxylic acids is 1. The SMILES string of the molecule is CC(CCCl)CNC(=O)c1cc(Cl)sc1Cl. The van der Waals surface area contributed by atoms with Gasteiger partial charge in [0.1, 0.15) is 4.34 Å². The van der Waals surface area contributed by atoms with Gasteiger partial charge in [0.2, 0.25) is 0 Å². The molecule has 0 bridgehead atoms. The first-order chi connectivity index (χ1) is 7.54. The maximum absolute atomic E-state index is 11.7. The van der Waals surface area contributed by atoms with Gasteiger partial charge in [-0.3, -0.25) is 4.79 Å². The van der Waals surface area contributed by atoms with Gasteiger partial charge in [-0.2, -0.15) is 0 Å². The summed E-state index contributed by atoms with van der Waals surface area (Å²) in [5.74, 6) is 0.770. The van der Waals surface area contributed by atoms with Crippen molar-refractivity contribution in [2.24, 2.45) is 5.92 Å². The molecule has 0 aliphatic heterocycles. The third-order valence-corrected chi connectivity index (χ3v) is 3.82. The standard InChI is InChI=1S/C10H12Cl3NOS/c1-6(2-3-11)5-14-10(15)7-4-8(12)16-9(7)13/h4,6H,2-3,5H2,1H3,(H,14,15). The second-order valence-electron chi connectivity index (χ2n) is 3.53. The van der Waals surface area contributed by atoms with E-state index in [0.717, 1.165) is 6.42 Å². The van der Waals surface area contributed by atoms with Crippen molar-refractivity contribution in [2.45, 2.75) is 13.3 Å². The molecule has 2 nitrogen and oxygen atoms in total. The molecule has 16 heavy (non-hydrogen) atoms. The molecule has 1 unspecified atom stereocenters. The van der Waals surface area contributed by atoms with E-state index < -0.39 is 0 Å². The fraction of sp³-hybridized carbons (Fsp3) is 0.500. The highest BCUT2D eigenvalue weighted by atomic mass is 35.5. The molecule has 1 atom stereocenters. The van der Waals surface area contributed by atoms with Gasteiger partial charge in [0.15, 0.2) is 0 Å². The van der Waals surface area contributed by atoms with Crippen molar-refractivity contribution in [2.75, 3.05) is 12.4 Å². The van der Waals surface area contributed by atoms with E-state index in [-0.39, 0.29) is 5.91 Å². The summed E-state index contributed by atoms with van der Waals surface area (Å²) < 4.78 is 0.941. The summed E-state index contributed by atoms with van der Waals surface area (Å²) in [5, 5.41) is 2.80. The van der Waals surface area contributed by atoms with Crippen molar-refractivity contribution in [3.8, 4) is 0 Å². The number of nitrogens with one attached hydrogen (secondary N) is 1. The molecule has 0 radical (unpaired) electrons. The summed E-state index contributed by atoms with van der Waals surface area (Å²) in [7, 11) is 0. The van der Waals surface area contributed by atoms with Crippen LogP contribution in [0.5, 0.6) is 0 Å². The molecule has 0 aliphatic rings. The van der Waals surface area contributed by atoms with Crippen LogP contribution in [0.4, 0.5) is 0 Å². The van der Waals surface area contributed by atoms with Gasteiger partial charge in [-0.15, -0.1) is 22.9 Å². The minimum atomic E-state index is -0.186. The maximum Gasteiger partial charge on any atom is 0.253 e. The summed E-state index contributed by atoms with van der Waals surface area (Å²) in [6.07, 6.45) is 0.875. The van der Waals surface area contributed by atoms with E-state index in [2.05, 4.69) is 5.32 Å². The van der Waals surface area contributed by atoms with Crippen LogP contribution in [0.1, 0.15) is 23.7 Å². The largest absolute Gasteiger partial charge is 0.352 e. The molecular weight excluding hydrogens is 289 g/mol. The number of hydrogen-bond acceptors (Lipinski definition) is 2. The molecule has 0 saturated heterocycles. The van der Waals surface area contributed by atoms with Gasteiger partial charge >= 0.3 is 0 Å². The topological polar surface area (TPSA) is 29.1 Å². The van der Waals surface area contributed by atoms with Crippen LogP contribution >= 0.6 is 46.1 Å². The Labute approximate surface area is 114 Å². The van der Waals surface area contributed by atoms with Crippen molar-refractivity contribution >= 4 is 52.0 Å². The Morgan fingerprint density at radius 1 is 1.56 bits per heavy atom. The van der Waals surface area contributed by atoms with Crippen LogP contribution in [-0.2, 0) is 0 Å². The van der Waals surface area contributed by atoms with Crippen molar-refractivity contribution in [3.63, 3.8) is 0 Å². The summed E-state index contributed by atoms with van der Waals surface area (Å²) >= 11 is 18.4. The molecule has 6 heteroatoms. The van der Waals surface area contributed by atoms with Crippen LogP contribution in [0, 0.1) is 5.92 Å². The lowest BCUT2D eigenvalue weighted by Crippen LogP contribution is -2.28. The molecule has 90 valence electrons. The van der Waals surface area contributed by atoms with Crippen LogP contribution in [0.15, 0.2) is 6.07 Å². The fourth-order valence-corrected chi connectivity index (χ4v) is 2.98. The van der Waals surface area contributed by atoms with Crippen molar-refractivity contribution in [3.05, 3.63) is 20.3 Å².